The number of Topliss-reactive ketones (excluding diaryl/α,β-unsaturated/α-hetero) is 1. The van der Waals surface area contributed by atoms with Crippen molar-refractivity contribution < 1.29 is 14.7 Å². The maximum absolute atomic E-state index is 13.0. The van der Waals surface area contributed by atoms with E-state index < -0.39 is 5.97 Å². The first-order chi connectivity index (χ1) is 12.3. The number of hydrogen-bond donors (Lipinski definition) is 1. The van der Waals surface area contributed by atoms with Crippen LogP contribution in [-0.2, 0) is 18.3 Å². The number of carboxylic acids is 1. The summed E-state index contributed by atoms with van der Waals surface area (Å²) in [4.78, 5) is 24.0. The zero-order chi connectivity index (χ0) is 19.3. The van der Waals surface area contributed by atoms with Crippen LogP contribution in [0.25, 0.3) is 10.9 Å². The topological polar surface area (TPSA) is 59.3 Å². The molecule has 0 radical (unpaired) electrons. The highest BCUT2D eigenvalue weighted by molar-refractivity contribution is 7.59. The fourth-order valence-electron chi connectivity index (χ4n) is 3.58. The van der Waals surface area contributed by atoms with Crippen molar-refractivity contribution in [1.82, 2.24) is 4.57 Å². The van der Waals surface area contributed by atoms with Gasteiger partial charge in [-0.1, -0.05) is 44.7 Å². The lowest BCUT2D eigenvalue weighted by Crippen LogP contribution is -2.12. The molecule has 0 aliphatic heterocycles. The van der Waals surface area contributed by atoms with Crippen molar-refractivity contribution in [2.24, 2.45) is 13.0 Å². The second-order valence-corrected chi connectivity index (χ2v) is 7.62. The van der Waals surface area contributed by atoms with Crippen LogP contribution in [0.4, 0.5) is 0 Å². The number of aromatic nitrogens is 1. The molecule has 0 bridgehead atoms. The number of aryl methyl sites for hydroxylation is 1. The number of aliphatic carboxylic acids is 1. The molecule has 1 aromatic heterocycles. The lowest BCUT2D eigenvalue weighted by molar-refractivity contribution is -0.137. The average molecular weight is 412 g/mol. The Kier molecular flexibility index (Phi) is 9.40. The third-order valence-corrected chi connectivity index (χ3v) is 5.12. The van der Waals surface area contributed by atoms with Gasteiger partial charge in [-0.3, -0.25) is 9.59 Å². The van der Waals surface area contributed by atoms with E-state index in [0.29, 0.717) is 5.02 Å². The van der Waals surface area contributed by atoms with Gasteiger partial charge in [0.15, 0.2) is 5.78 Å². The molecule has 4 nitrogen and oxygen atoms in total. The molecule has 0 saturated carbocycles. The molecular weight excluding hydrogens is 382 g/mol. The number of unbranched alkanes of at least 4 members (excludes halogenated alkanes) is 3. The Morgan fingerprint density at radius 3 is 2.52 bits per heavy atom. The molecule has 0 spiro atoms. The van der Waals surface area contributed by atoms with Gasteiger partial charge in [0.05, 0.1) is 0 Å². The molecular formula is C21H30ClNO3S. The zero-order valence-electron chi connectivity index (χ0n) is 16.3. The first kappa shape index (κ1) is 23.6. The van der Waals surface area contributed by atoms with E-state index in [0.717, 1.165) is 41.4 Å². The van der Waals surface area contributed by atoms with Crippen LogP contribution in [0.1, 0.15) is 68.4 Å². The number of benzene rings is 1. The Labute approximate surface area is 173 Å². The molecule has 0 saturated heterocycles. The van der Waals surface area contributed by atoms with Crippen molar-refractivity contribution >= 4 is 47.8 Å². The summed E-state index contributed by atoms with van der Waals surface area (Å²) in [7, 11) is 1.99. The molecule has 0 amide bonds. The summed E-state index contributed by atoms with van der Waals surface area (Å²) < 4.78 is 2.09. The van der Waals surface area contributed by atoms with Crippen LogP contribution in [0.15, 0.2) is 18.2 Å². The van der Waals surface area contributed by atoms with Crippen molar-refractivity contribution in [3.8, 4) is 0 Å². The van der Waals surface area contributed by atoms with Crippen molar-refractivity contribution in [3.63, 3.8) is 0 Å². The number of nitrogens with zero attached hydrogens (tertiary/aromatic N) is 1. The molecule has 0 unspecified atom stereocenters. The smallest absolute Gasteiger partial charge is 0.303 e. The van der Waals surface area contributed by atoms with E-state index in [2.05, 4.69) is 11.5 Å². The monoisotopic (exact) mass is 411 g/mol. The maximum Gasteiger partial charge on any atom is 0.303 e. The van der Waals surface area contributed by atoms with Crippen molar-refractivity contribution in [1.29, 1.82) is 0 Å². The molecule has 1 N–H and O–H groups in total. The van der Waals surface area contributed by atoms with E-state index >= 15 is 0 Å². The Morgan fingerprint density at radius 1 is 1.19 bits per heavy atom. The number of carbonyl (C=O) groups is 2. The van der Waals surface area contributed by atoms with Gasteiger partial charge >= 0.3 is 5.97 Å². The number of carbonyl (C=O) groups excluding carboxylic acids is 1. The van der Waals surface area contributed by atoms with Crippen LogP contribution in [0.5, 0.6) is 0 Å². The summed E-state index contributed by atoms with van der Waals surface area (Å²) in [5.41, 5.74) is 2.75. The van der Waals surface area contributed by atoms with Crippen LogP contribution >= 0.6 is 25.1 Å². The van der Waals surface area contributed by atoms with Gasteiger partial charge in [-0.2, -0.15) is 13.5 Å². The first-order valence-electron chi connectivity index (χ1n) is 9.36. The van der Waals surface area contributed by atoms with Crippen LogP contribution in [-0.4, -0.2) is 21.4 Å². The molecule has 27 heavy (non-hydrogen) atoms. The van der Waals surface area contributed by atoms with E-state index in [1.54, 1.807) is 0 Å². The van der Waals surface area contributed by atoms with Gasteiger partial charge in [0.25, 0.3) is 0 Å². The summed E-state index contributed by atoms with van der Waals surface area (Å²) >= 11 is 6.18. The number of hydrogen-bond acceptors (Lipinski definition) is 2. The van der Waals surface area contributed by atoms with Gasteiger partial charge < -0.3 is 9.67 Å². The minimum Gasteiger partial charge on any atom is -0.481 e. The summed E-state index contributed by atoms with van der Waals surface area (Å²) in [6, 6.07) is 5.64. The summed E-state index contributed by atoms with van der Waals surface area (Å²) in [5, 5.41) is 10.4. The predicted molar refractivity (Wildman–Crippen MR) is 117 cm³/mol. The standard InChI is InChI=1S/C21H28ClNO3.H2S/c1-4-5-6-7-8-18-21(19(24)11-14(2)12-20(25)26)16-13-15(22)9-10-17(16)23(18)3;/h9-10,13-14H,4-8,11-12H2,1-3H3,(H,25,26);1H2/t14-;/m0./s1. The molecule has 2 aromatic rings. The maximum atomic E-state index is 13.0. The van der Waals surface area contributed by atoms with E-state index in [1.807, 2.05) is 32.2 Å². The predicted octanol–water partition coefficient (Wildman–Crippen LogP) is 5.75. The van der Waals surface area contributed by atoms with Gasteiger partial charge in [-0.15, -0.1) is 0 Å². The largest absolute Gasteiger partial charge is 0.481 e. The minimum atomic E-state index is -0.869. The van der Waals surface area contributed by atoms with E-state index in [4.69, 9.17) is 16.7 Å². The molecule has 1 heterocycles. The van der Waals surface area contributed by atoms with Gasteiger partial charge in [0, 0.05) is 47.1 Å². The van der Waals surface area contributed by atoms with Crippen LogP contribution in [0.3, 0.4) is 0 Å². The SMILES string of the molecule is CCCCCCc1c(C(=O)C[C@H](C)CC(=O)O)c2cc(Cl)ccc2n1C.S. The molecule has 6 heteroatoms. The molecule has 2 rings (SSSR count). The molecule has 1 aromatic carbocycles. The van der Waals surface area contributed by atoms with Crippen LogP contribution < -0.4 is 0 Å². The third kappa shape index (κ3) is 6.01. The Morgan fingerprint density at radius 2 is 1.89 bits per heavy atom. The number of carboxylic acid groups (broad SMARTS) is 1. The second-order valence-electron chi connectivity index (χ2n) is 7.18. The zero-order valence-corrected chi connectivity index (χ0v) is 18.1. The molecule has 150 valence electrons. The number of halogens is 1. The average Bonchev–Trinajstić information content (AvgIpc) is 2.82. The van der Waals surface area contributed by atoms with Gasteiger partial charge in [-0.05, 0) is 37.0 Å². The molecule has 0 fully saturated rings. The minimum absolute atomic E-state index is 0. The highest BCUT2D eigenvalue weighted by atomic mass is 35.5. The number of ketones is 1. The Hall–Kier alpha value is -1.46. The molecule has 0 aliphatic rings. The van der Waals surface area contributed by atoms with Crippen molar-refractivity contribution in [3.05, 3.63) is 34.5 Å². The normalized spacial score (nSPS) is 12.0. The van der Waals surface area contributed by atoms with Gasteiger partial charge in [0.1, 0.15) is 0 Å². The molecule has 1 atom stereocenters. The van der Waals surface area contributed by atoms with E-state index in [9.17, 15) is 9.59 Å². The van der Waals surface area contributed by atoms with Crippen LogP contribution in [0, 0.1) is 5.92 Å². The lowest BCUT2D eigenvalue weighted by atomic mass is 9.94. The van der Waals surface area contributed by atoms with Gasteiger partial charge in [0.2, 0.25) is 0 Å². The fraction of sp³-hybridized carbons (Fsp3) is 0.524. The number of rotatable bonds is 10. The second kappa shape index (κ2) is 10.8. The highest BCUT2D eigenvalue weighted by Crippen LogP contribution is 2.31. The third-order valence-electron chi connectivity index (χ3n) is 4.89. The quantitative estimate of drug-likeness (QED) is 0.400. The van der Waals surface area contributed by atoms with Gasteiger partial charge in [-0.25, -0.2) is 0 Å². The van der Waals surface area contributed by atoms with E-state index in [-0.39, 0.29) is 38.0 Å². The Bertz CT molecular complexity index is 800. The summed E-state index contributed by atoms with van der Waals surface area (Å²) in [6.45, 7) is 3.99. The van der Waals surface area contributed by atoms with Crippen molar-refractivity contribution in [2.75, 3.05) is 0 Å². The van der Waals surface area contributed by atoms with E-state index in [1.165, 1.54) is 12.8 Å². The number of fused-ring (bicyclic) bond motifs is 1. The van der Waals surface area contributed by atoms with Crippen LogP contribution in [0.2, 0.25) is 5.02 Å². The highest BCUT2D eigenvalue weighted by Gasteiger charge is 2.23. The summed E-state index contributed by atoms with van der Waals surface area (Å²) in [6.07, 6.45) is 5.62. The Balaban J connectivity index is 0.00000364. The first-order valence-corrected chi connectivity index (χ1v) is 9.74. The summed E-state index contributed by atoms with van der Waals surface area (Å²) in [5.74, 6) is -1.05. The fourth-order valence-corrected chi connectivity index (χ4v) is 3.75. The lowest BCUT2D eigenvalue weighted by Gasteiger charge is -2.10. The van der Waals surface area contributed by atoms with Crippen molar-refractivity contribution in [2.45, 2.75) is 58.8 Å². The molecule has 0 aliphatic carbocycles.